The van der Waals surface area contributed by atoms with E-state index >= 15 is 0 Å². The molecule has 20 heavy (non-hydrogen) atoms. The van der Waals surface area contributed by atoms with Gasteiger partial charge in [-0.05, 0) is 13.3 Å². The summed E-state index contributed by atoms with van der Waals surface area (Å²) in [7, 11) is -3.67. The van der Waals surface area contributed by atoms with Gasteiger partial charge >= 0.3 is 0 Å². The predicted octanol–water partition coefficient (Wildman–Crippen LogP) is 0.983. The van der Waals surface area contributed by atoms with E-state index in [2.05, 4.69) is 14.8 Å². The zero-order valence-corrected chi connectivity index (χ0v) is 13.0. The van der Waals surface area contributed by atoms with Gasteiger partial charge in [0.05, 0.1) is 6.54 Å². The van der Waals surface area contributed by atoms with Crippen LogP contribution >= 0.6 is 11.3 Å². The lowest BCUT2D eigenvalue weighted by atomic mass is 10.4. The average molecular weight is 315 g/mol. The molecule has 0 bridgehead atoms. The number of sulfonamides is 1. The third-order valence-electron chi connectivity index (χ3n) is 2.73. The van der Waals surface area contributed by atoms with Gasteiger partial charge in [0.15, 0.2) is 5.82 Å². The van der Waals surface area contributed by atoms with Crippen molar-refractivity contribution in [3.8, 4) is 0 Å². The Morgan fingerprint density at radius 1 is 1.45 bits per heavy atom. The lowest BCUT2D eigenvalue weighted by Crippen LogP contribution is -2.23. The van der Waals surface area contributed by atoms with Crippen molar-refractivity contribution in [1.29, 1.82) is 0 Å². The molecule has 0 fully saturated rings. The maximum absolute atomic E-state index is 12.2. The average Bonchev–Trinajstić information content (AvgIpc) is 3.02. The zero-order chi connectivity index (χ0) is 14.8. The smallest absolute Gasteiger partial charge is 0.246 e. The highest BCUT2D eigenvalue weighted by molar-refractivity contribution is 7.89. The minimum absolute atomic E-state index is 0.00613. The highest BCUT2D eigenvalue weighted by Gasteiger charge is 2.21. The van der Waals surface area contributed by atoms with Gasteiger partial charge in [0.25, 0.3) is 0 Å². The van der Waals surface area contributed by atoms with Crippen LogP contribution in [0.1, 0.15) is 23.7 Å². The molecule has 2 rings (SSSR count). The number of nitrogens with zero attached hydrogens (tertiary/aromatic N) is 3. The Balaban J connectivity index is 2.12. The molecule has 9 heteroatoms. The number of hydrogen-bond donors (Lipinski definition) is 2. The highest BCUT2D eigenvalue weighted by atomic mass is 32.2. The van der Waals surface area contributed by atoms with E-state index in [1.807, 2.05) is 13.8 Å². The van der Waals surface area contributed by atoms with E-state index in [1.165, 1.54) is 22.2 Å². The van der Waals surface area contributed by atoms with Gasteiger partial charge in [0, 0.05) is 23.8 Å². The van der Waals surface area contributed by atoms with Crippen LogP contribution in [0.15, 0.2) is 17.3 Å². The van der Waals surface area contributed by atoms with E-state index in [1.54, 1.807) is 6.20 Å². The van der Waals surface area contributed by atoms with Crippen LogP contribution in [0, 0.1) is 0 Å². The molecule has 2 aromatic rings. The normalized spacial score (nSPS) is 11.9. The number of nitrogens with one attached hydrogen (secondary N) is 1. The van der Waals surface area contributed by atoms with Crippen molar-refractivity contribution >= 4 is 27.2 Å². The van der Waals surface area contributed by atoms with Gasteiger partial charge in [0.1, 0.15) is 9.90 Å². The van der Waals surface area contributed by atoms with E-state index in [4.69, 9.17) is 5.73 Å². The van der Waals surface area contributed by atoms with E-state index in [-0.39, 0.29) is 17.3 Å². The number of aromatic nitrogens is 3. The largest absolute Gasteiger partial charge is 0.381 e. The first-order valence-electron chi connectivity index (χ1n) is 6.22. The summed E-state index contributed by atoms with van der Waals surface area (Å²) in [6, 6.07) is 0. The monoisotopic (exact) mass is 315 g/mol. The first-order valence-corrected chi connectivity index (χ1v) is 8.52. The van der Waals surface area contributed by atoms with Gasteiger partial charge in [-0.3, -0.25) is 4.68 Å². The van der Waals surface area contributed by atoms with Crippen LogP contribution in [-0.4, -0.2) is 23.2 Å². The summed E-state index contributed by atoms with van der Waals surface area (Å²) in [5, 5.41) is 4.66. The van der Waals surface area contributed by atoms with Crippen LogP contribution in [0.5, 0.6) is 0 Å². The molecule has 0 aromatic carbocycles. The van der Waals surface area contributed by atoms with Crippen molar-refractivity contribution in [2.24, 2.45) is 0 Å². The summed E-state index contributed by atoms with van der Waals surface area (Å²) < 4.78 is 28.3. The minimum Gasteiger partial charge on any atom is -0.381 e. The van der Waals surface area contributed by atoms with E-state index in [9.17, 15) is 8.42 Å². The highest BCUT2D eigenvalue weighted by Crippen LogP contribution is 2.18. The molecule has 0 unspecified atom stereocenters. The van der Waals surface area contributed by atoms with Gasteiger partial charge in [0.2, 0.25) is 10.0 Å². The molecule has 0 radical (unpaired) electrons. The lowest BCUT2D eigenvalue weighted by Gasteiger charge is -2.03. The van der Waals surface area contributed by atoms with Crippen molar-refractivity contribution in [3.63, 3.8) is 0 Å². The summed E-state index contributed by atoms with van der Waals surface area (Å²) in [6.07, 6.45) is 4.08. The lowest BCUT2D eigenvalue weighted by molar-refractivity contribution is 0.581. The molecule has 3 N–H and O–H groups in total. The van der Waals surface area contributed by atoms with Crippen molar-refractivity contribution in [2.45, 2.75) is 38.3 Å². The minimum atomic E-state index is -3.67. The van der Waals surface area contributed by atoms with Crippen LogP contribution < -0.4 is 10.5 Å². The first-order chi connectivity index (χ1) is 9.46. The maximum Gasteiger partial charge on any atom is 0.246 e. The molecule has 0 aliphatic rings. The number of rotatable bonds is 6. The van der Waals surface area contributed by atoms with Crippen LogP contribution in [-0.2, 0) is 29.5 Å². The molecule has 7 nitrogen and oxygen atoms in total. The van der Waals surface area contributed by atoms with E-state index < -0.39 is 10.0 Å². The van der Waals surface area contributed by atoms with Crippen molar-refractivity contribution < 1.29 is 8.42 Å². The fourth-order valence-electron chi connectivity index (χ4n) is 1.61. The molecular formula is C11H17N5O2S2. The number of hydrogen-bond acceptors (Lipinski definition) is 6. The quantitative estimate of drug-likeness (QED) is 0.827. The number of nitrogen functional groups attached to an aromatic ring is 1. The molecule has 0 amide bonds. The molecule has 110 valence electrons. The summed E-state index contributed by atoms with van der Waals surface area (Å²) in [5.41, 5.74) is 5.63. The third-order valence-corrected chi connectivity index (χ3v) is 5.29. The second-order valence-corrected chi connectivity index (χ2v) is 7.07. The Labute approximate surface area is 121 Å². The first kappa shape index (κ1) is 14.9. The van der Waals surface area contributed by atoms with Crippen LogP contribution in [0.3, 0.4) is 0 Å². The van der Waals surface area contributed by atoms with E-state index in [0.29, 0.717) is 6.54 Å². The predicted molar refractivity (Wildman–Crippen MR) is 77.8 cm³/mol. The van der Waals surface area contributed by atoms with Crippen molar-refractivity contribution in [2.75, 3.05) is 5.73 Å². The molecule has 2 heterocycles. The number of thiazole rings is 1. The molecule has 2 aromatic heterocycles. The molecule has 0 spiro atoms. The number of anilines is 1. The second kappa shape index (κ2) is 5.90. The van der Waals surface area contributed by atoms with Crippen LogP contribution in [0.2, 0.25) is 0 Å². The molecule has 0 saturated heterocycles. The summed E-state index contributed by atoms with van der Waals surface area (Å²) >= 11 is 1.49. The maximum atomic E-state index is 12.2. The Hall–Kier alpha value is -1.45. The summed E-state index contributed by atoms with van der Waals surface area (Å²) in [4.78, 5) is 5.30. The summed E-state index contributed by atoms with van der Waals surface area (Å²) in [6.45, 7) is 4.61. The second-order valence-electron chi connectivity index (χ2n) is 4.13. The topological polar surface area (TPSA) is 103 Å². The van der Waals surface area contributed by atoms with Gasteiger partial charge in [-0.15, -0.1) is 11.3 Å². The number of aryl methyl sites for hydroxylation is 2. The Bertz CT molecular complexity index is 689. The van der Waals surface area contributed by atoms with Gasteiger partial charge in [-0.2, -0.15) is 5.10 Å². The van der Waals surface area contributed by atoms with Crippen molar-refractivity contribution in [1.82, 2.24) is 19.5 Å². The number of nitrogens with two attached hydrogens (primary N) is 1. The molecule has 0 atom stereocenters. The van der Waals surface area contributed by atoms with Gasteiger partial charge < -0.3 is 5.73 Å². The van der Waals surface area contributed by atoms with E-state index in [0.717, 1.165) is 16.3 Å². The van der Waals surface area contributed by atoms with Crippen LogP contribution in [0.25, 0.3) is 0 Å². The summed E-state index contributed by atoms with van der Waals surface area (Å²) in [5.74, 6) is 0.00716. The SMILES string of the molecule is CCc1cnc(CNS(=O)(=O)c2cn(CC)nc2N)s1. The van der Waals surface area contributed by atoms with Crippen molar-refractivity contribution in [3.05, 3.63) is 22.3 Å². The fraction of sp³-hybridized carbons (Fsp3) is 0.455. The Kier molecular flexibility index (Phi) is 4.41. The Morgan fingerprint density at radius 2 is 2.20 bits per heavy atom. The zero-order valence-electron chi connectivity index (χ0n) is 11.3. The third kappa shape index (κ3) is 3.17. The fourth-order valence-corrected chi connectivity index (χ4v) is 3.57. The van der Waals surface area contributed by atoms with Gasteiger partial charge in [-0.25, -0.2) is 18.1 Å². The molecule has 0 aliphatic carbocycles. The standard InChI is InChI=1S/C11H17N5O2S2/c1-3-8-5-13-10(19-8)6-14-20(17,18)9-7-16(4-2)15-11(9)12/h5,7,14H,3-4,6H2,1-2H3,(H2,12,15). The molecule has 0 saturated carbocycles. The molecular weight excluding hydrogens is 298 g/mol. The molecule has 0 aliphatic heterocycles. The van der Waals surface area contributed by atoms with Gasteiger partial charge in [-0.1, -0.05) is 6.92 Å². The van der Waals surface area contributed by atoms with Crippen LogP contribution in [0.4, 0.5) is 5.82 Å². The Morgan fingerprint density at radius 3 is 2.75 bits per heavy atom.